The Morgan fingerprint density at radius 2 is 1.81 bits per heavy atom. The third-order valence-electron chi connectivity index (χ3n) is 4.85. The lowest BCUT2D eigenvalue weighted by atomic mass is 10.1. The van der Waals surface area contributed by atoms with Crippen molar-refractivity contribution in [2.75, 3.05) is 26.8 Å². The van der Waals surface area contributed by atoms with E-state index in [2.05, 4.69) is 11.0 Å². The van der Waals surface area contributed by atoms with Crippen LogP contribution in [0.1, 0.15) is 23.1 Å². The Morgan fingerprint density at radius 3 is 2.62 bits per heavy atom. The van der Waals surface area contributed by atoms with Gasteiger partial charge in [-0.15, -0.1) is 0 Å². The summed E-state index contributed by atoms with van der Waals surface area (Å²) < 4.78 is 11.5. The SMILES string of the molecule is COc1ccccc1C1CN(Cc2nc3ccccc3nc2C)CCO1. The first-order valence-electron chi connectivity index (χ1n) is 8.94. The zero-order valence-electron chi connectivity index (χ0n) is 15.2. The van der Waals surface area contributed by atoms with E-state index in [9.17, 15) is 0 Å². The third kappa shape index (κ3) is 3.41. The van der Waals surface area contributed by atoms with Crippen LogP contribution in [0.5, 0.6) is 5.75 Å². The van der Waals surface area contributed by atoms with Gasteiger partial charge in [0.2, 0.25) is 0 Å². The minimum absolute atomic E-state index is 0.00798. The predicted octanol–water partition coefficient (Wildman–Crippen LogP) is 3.52. The predicted molar refractivity (Wildman–Crippen MR) is 101 cm³/mol. The number of para-hydroxylation sites is 3. The largest absolute Gasteiger partial charge is 0.496 e. The second kappa shape index (κ2) is 7.40. The molecule has 0 saturated carbocycles. The van der Waals surface area contributed by atoms with Gasteiger partial charge in [0, 0.05) is 25.2 Å². The summed E-state index contributed by atoms with van der Waals surface area (Å²) in [6.45, 7) is 5.21. The minimum atomic E-state index is 0.00798. The zero-order chi connectivity index (χ0) is 17.9. The Balaban J connectivity index is 1.54. The van der Waals surface area contributed by atoms with Crippen LogP contribution in [0.3, 0.4) is 0 Å². The molecule has 1 aliphatic heterocycles. The lowest BCUT2D eigenvalue weighted by Crippen LogP contribution is -2.38. The van der Waals surface area contributed by atoms with Crippen LogP contribution in [0.2, 0.25) is 0 Å². The van der Waals surface area contributed by atoms with Crippen LogP contribution in [0, 0.1) is 6.92 Å². The fraction of sp³-hybridized carbons (Fsp3) is 0.333. The highest BCUT2D eigenvalue weighted by Crippen LogP contribution is 2.30. The van der Waals surface area contributed by atoms with Gasteiger partial charge in [0.25, 0.3) is 0 Å². The molecule has 0 aliphatic carbocycles. The molecule has 3 aromatic rings. The first kappa shape index (κ1) is 16.9. The number of hydrogen-bond donors (Lipinski definition) is 0. The summed E-state index contributed by atoms with van der Waals surface area (Å²) in [5.74, 6) is 0.876. The van der Waals surface area contributed by atoms with E-state index in [0.29, 0.717) is 6.61 Å². The first-order chi connectivity index (χ1) is 12.7. The van der Waals surface area contributed by atoms with Crippen molar-refractivity contribution in [2.45, 2.75) is 19.6 Å². The smallest absolute Gasteiger partial charge is 0.124 e. The van der Waals surface area contributed by atoms with Crippen molar-refractivity contribution in [3.05, 3.63) is 65.5 Å². The van der Waals surface area contributed by atoms with Gasteiger partial charge in [0.15, 0.2) is 0 Å². The summed E-state index contributed by atoms with van der Waals surface area (Å²) in [5.41, 5.74) is 5.01. The van der Waals surface area contributed by atoms with E-state index in [1.165, 1.54) is 0 Å². The maximum atomic E-state index is 6.02. The monoisotopic (exact) mass is 349 g/mol. The molecule has 26 heavy (non-hydrogen) atoms. The Labute approximate surface area is 153 Å². The number of ether oxygens (including phenoxy) is 2. The molecule has 0 bridgehead atoms. The van der Waals surface area contributed by atoms with Crippen molar-refractivity contribution in [2.24, 2.45) is 0 Å². The maximum Gasteiger partial charge on any atom is 0.124 e. The summed E-state index contributed by atoms with van der Waals surface area (Å²) in [4.78, 5) is 11.9. The Morgan fingerprint density at radius 1 is 1.08 bits per heavy atom. The number of benzene rings is 2. The van der Waals surface area contributed by atoms with E-state index in [4.69, 9.17) is 19.4 Å². The van der Waals surface area contributed by atoms with E-state index in [1.807, 2.05) is 49.4 Å². The summed E-state index contributed by atoms with van der Waals surface area (Å²) >= 11 is 0. The van der Waals surface area contributed by atoms with Gasteiger partial charge in [-0.05, 0) is 25.1 Å². The van der Waals surface area contributed by atoms with E-state index >= 15 is 0 Å². The Bertz CT molecular complexity index is 913. The van der Waals surface area contributed by atoms with Gasteiger partial charge in [-0.3, -0.25) is 4.90 Å². The molecule has 5 nitrogen and oxygen atoms in total. The number of fused-ring (bicyclic) bond motifs is 1. The number of nitrogens with zero attached hydrogens (tertiary/aromatic N) is 3. The molecule has 0 amide bonds. The third-order valence-corrected chi connectivity index (χ3v) is 4.85. The summed E-state index contributed by atoms with van der Waals surface area (Å²) in [6.07, 6.45) is 0.00798. The molecular formula is C21H23N3O2. The molecule has 1 aromatic heterocycles. The van der Waals surface area contributed by atoms with Crippen molar-refractivity contribution in [1.29, 1.82) is 0 Å². The zero-order valence-corrected chi connectivity index (χ0v) is 15.2. The van der Waals surface area contributed by atoms with Crippen LogP contribution in [0.25, 0.3) is 11.0 Å². The van der Waals surface area contributed by atoms with Gasteiger partial charge in [-0.1, -0.05) is 30.3 Å². The van der Waals surface area contributed by atoms with Gasteiger partial charge in [-0.25, -0.2) is 9.97 Å². The topological polar surface area (TPSA) is 47.5 Å². The average Bonchev–Trinajstić information content (AvgIpc) is 2.69. The highest BCUT2D eigenvalue weighted by molar-refractivity contribution is 5.74. The number of aryl methyl sites for hydroxylation is 1. The van der Waals surface area contributed by atoms with Gasteiger partial charge < -0.3 is 9.47 Å². The lowest BCUT2D eigenvalue weighted by Gasteiger charge is -2.33. The van der Waals surface area contributed by atoms with Crippen LogP contribution in [-0.2, 0) is 11.3 Å². The second-order valence-electron chi connectivity index (χ2n) is 6.58. The average molecular weight is 349 g/mol. The van der Waals surface area contributed by atoms with Gasteiger partial charge in [-0.2, -0.15) is 0 Å². The quantitative estimate of drug-likeness (QED) is 0.721. The van der Waals surface area contributed by atoms with Crippen LogP contribution >= 0.6 is 0 Å². The number of methoxy groups -OCH3 is 1. The Hall–Kier alpha value is -2.50. The molecule has 1 atom stereocenters. The summed E-state index contributed by atoms with van der Waals surface area (Å²) in [6, 6.07) is 16.1. The van der Waals surface area contributed by atoms with E-state index in [1.54, 1.807) is 7.11 Å². The number of hydrogen-bond acceptors (Lipinski definition) is 5. The van der Waals surface area contributed by atoms with Gasteiger partial charge >= 0.3 is 0 Å². The minimum Gasteiger partial charge on any atom is -0.496 e. The van der Waals surface area contributed by atoms with Crippen molar-refractivity contribution >= 4 is 11.0 Å². The molecule has 4 rings (SSSR count). The fourth-order valence-corrected chi connectivity index (χ4v) is 3.45. The van der Waals surface area contributed by atoms with Crippen LogP contribution < -0.4 is 4.74 Å². The van der Waals surface area contributed by atoms with Crippen molar-refractivity contribution in [1.82, 2.24) is 14.9 Å². The van der Waals surface area contributed by atoms with Crippen LogP contribution in [-0.4, -0.2) is 41.7 Å². The normalized spacial score (nSPS) is 18.2. The van der Waals surface area contributed by atoms with Crippen molar-refractivity contribution in [3.63, 3.8) is 0 Å². The molecule has 0 radical (unpaired) electrons. The van der Waals surface area contributed by atoms with Crippen LogP contribution in [0.15, 0.2) is 48.5 Å². The van der Waals surface area contributed by atoms with E-state index < -0.39 is 0 Å². The van der Waals surface area contributed by atoms with Crippen molar-refractivity contribution in [3.8, 4) is 5.75 Å². The molecule has 5 heteroatoms. The lowest BCUT2D eigenvalue weighted by molar-refractivity contribution is -0.0342. The molecule has 2 aromatic carbocycles. The Kier molecular flexibility index (Phi) is 4.82. The molecule has 134 valence electrons. The standard InChI is InChI=1S/C21H23N3O2/c1-15-19(23-18-9-5-4-8-17(18)22-15)13-24-11-12-26-21(14-24)16-7-3-6-10-20(16)25-2/h3-10,21H,11-14H2,1-2H3. The molecular weight excluding hydrogens is 326 g/mol. The van der Waals surface area contributed by atoms with Gasteiger partial charge in [0.1, 0.15) is 5.75 Å². The van der Waals surface area contributed by atoms with Crippen molar-refractivity contribution < 1.29 is 9.47 Å². The highest BCUT2D eigenvalue weighted by atomic mass is 16.5. The van der Waals surface area contributed by atoms with Crippen LogP contribution in [0.4, 0.5) is 0 Å². The summed E-state index contributed by atoms with van der Waals surface area (Å²) in [5, 5.41) is 0. The molecule has 1 fully saturated rings. The molecule has 1 aliphatic rings. The first-order valence-corrected chi connectivity index (χ1v) is 8.94. The number of aromatic nitrogens is 2. The molecule has 1 unspecified atom stereocenters. The number of rotatable bonds is 4. The molecule has 1 saturated heterocycles. The van der Waals surface area contributed by atoms with E-state index in [0.717, 1.165) is 53.4 Å². The van der Waals surface area contributed by atoms with E-state index in [-0.39, 0.29) is 6.10 Å². The maximum absolute atomic E-state index is 6.02. The molecule has 0 N–H and O–H groups in total. The highest BCUT2D eigenvalue weighted by Gasteiger charge is 2.25. The van der Waals surface area contributed by atoms with Gasteiger partial charge in [0.05, 0.1) is 42.2 Å². The number of morpholine rings is 1. The second-order valence-corrected chi connectivity index (χ2v) is 6.58. The summed E-state index contributed by atoms with van der Waals surface area (Å²) in [7, 11) is 1.70. The molecule has 0 spiro atoms. The fourth-order valence-electron chi connectivity index (χ4n) is 3.45. The molecule has 2 heterocycles.